The number of aromatic nitrogens is 3. The third-order valence-electron chi connectivity index (χ3n) is 3.59. The highest BCUT2D eigenvalue weighted by atomic mass is 35.5. The van der Waals surface area contributed by atoms with E-state index in [0.717, 1.165) is 22.3 Å². The van der Waals surface area contributed by atoms with E-state index < -0.39 is 0 Å². The zero-order chi connectivity index (χ0) is 18.5. The molecule has 0 saturated heterocycles. The molecule has 0 aliphatic rings. The molecular weight excluding hydrogens is 393 g/mol. The van der Waals surface area contributed by atoms with Crippen molar-refractivity contribution < 1.29 is 9.15 Å². The molecule has 5 nitrogen and oxygen atoms in total. The lowest BCUT2D eigenvalue weighted by Crippen LogP contribution is -2.04. The monoisotopic (exact) mass is 409 g/mol. The molecule has 26 heavy (non-hydrogen) atoms. The molecule has 0 aliphatic carbocycles. The number of nitrogens with zero attached hydrogens (tertiary/aromatic N) is 3. The van der Waals surface area contributed by atoms with E-state index in [9.17, 15) is 0 Å². The van der Waals surface area contributed by atoms with Gasteiger partial charge in [0.25, 0.3) is 0 Å². The average molecular weight is 410 g/mol. The van der Waals surface area contributed by atoms with Gasteiger partial charge in [0.15, 0.2) is 11.0 Å². The topological polar surface area (TPSA) is 53.1 Å². The van der Waals surface area contributed by atoms with E-state index in [0.29, 0.717) is 34.7 Å². The van der Waals surface area contributed by atoms with Gasteiger partial charge in [0.1, 0.15) is 11.5 Å². The van der Waals surface area contributed by atoms with E-state index >= 15 is 0 Å². The fourth-order valence-electron chi connectivity index (χ4n) is 2.38. The lowest BCUT2D eigenvalue weighted by atomic mass is 10.2. The van der Waals surface area contributed by atoms with Crippen molar-refractivity contribution in [1.29, 1.82) is 0 Å². The molecule has 0 bridgehead atoms. The Morgan fingerprint density at radius 3 is 2.88 bits per heavy atom. The molecule has 0 atom stereocenters. The summed E-state index contributed by atoms with van der Waals surface area (Å²) >= 11 is 13.6. The van der Waals surface area contributed by atoms with Crippen LogP contribution >= 0.6 is 35.0 Å². The highest BCUT2D eigenvalue weighted by Crippen LogP contribution is 2.29. The number of aryl methyl sites for hydroxylation is 1. The lowest BCUT2D eigenvalue weighted by Gasteiger charge is -2.09. The minimum atomic E-state index is 0.464. The summed E-state index contributed by atoms with van der Waals surface area (Å²) in [6, 6.07) is 7.03. The summed E-state index contributed by atoms with van der Waals surface area (Å²) < 4.78 is 13.1. The molecule has 0 unspecified atom stereocenters. The Labute approximate surface area is 166 Å². The molecular formula is C18H17Cl2N3O2S. The second kappa shape index (κ2) is 8.66. The molecule has 0 aliphatic heterocycles. The number of benzene rings is 1. The highest BCUT2D eigenvalue weighted by Gasteiger charge is 2.16. The van der Waals surface area contributed by atoms with Crippen molar-refractivity contribution in [1.82, 2.24) is 14.8 Å². The molecule has 0 radical (unpaired) electrons. The van der Waals surface area contributed by atoms with E-state index in [4.69, 9.17) is 32.4 Å². The molecule has 2 heterocycles. The van der Waals surface area contributed by atoms with Crippen LogP contribution < -0.4 is 4.74 Å². The van der Waals surface area contributed by atoms with Crippen molar-refractivity contribution in [3.05, 3.63) is 59.0 Å². The Morgan fingerprint density at radius 2 is 2.15 bits per heavy atom. The first-order chi connectivity index (χ1) is 12.6. The fraction of sp³-hybridized carbons (Fsp3) is 0.222. The van der Waals surface area contributed by atoms with Crippen LogP contribution in [0.5, 0.6) is 5.75 Å². The molecule has 136 valence electrons. The summed E-state index contributed by atoms with van der Waals surface area (Å²) in [7, 11) is 0. The molecule has 0 saturated carbocycles. The van der Waals surface area contributed by atoms with Crippen molar-refractivity contribution in [3.8, 4) is 17.1 Å². The Balaban J connectivity index is 1.66. The van der Waals surface area contributed by atoms with Gasteiger partial charge in [-0.1, -0.05) is 41.0 Å². The van der Waals surface area contributed by atoms with Crippen LogP contribution in [0.3, 0.4) is 0 Å². The van der Waals surface area contributed by atoms with Crippen LogP contribution in [0, 0.1) is 6.92 Å². The minimum absolute atomic E-state index is 0.464. The van der Waals surface area contributed by atoms with E-state index in [1.165, 1.54) is 0 Å². The molecule has 0 spiro atoms. The van der Waals surface area contributed by atoms with Gasteiger partial charge in [0, 0.05) is 23.4 Å². The van der Waals surface area contributed by atoms with E-state index in [2.05, 4.69) is 16.8 Å². The van der Waals surface area contributed by atoms with Crippen LogP contribution in [0.25, 0.3) is 11.4 Å². The van der Waals surface area contributed by atoms with Gasteiger partial charge in [-0.3, -0.25) is 4.57 Å². The third-order valence-corrected chi connectivity index (χ3v) is 5.07. The van der Waals surface area contributed by atoms with E-state index in [-0.39, 0.29) is 0 Å². The molecule has 3 rings (SSSR count). The zero-order valence-electron chi connectivity index (χ0n) is 14.1. The van der Waals surface area contributed by atoms with Gasteiger partial charge >= 0.3 is 0 Å². The number of allylic oxidation sites excluding steroid dienone is 1. The van der Waals surface area contributed by atoms with Crippen molar-refractivity contribution in [2.75, 3.05) is 12.4 Å². The minimum Gasteiger partial charge on any atom is -0.491 e. The van der Waals surface area contributed by atoms with Crippen molar-refractivity contribution in [2.24, 2.45) is 0 Å². The van der Waals surface area contributed by atoms with Crippen LogP contribution in [-0.2, 0) is 6.54 Å². The first-order valence-electron chi connectivity index (χ1n) is 7.89. The Kier molecular flexibility index (Phi) is 6.29. The van der Waals surface area contributed by atoms with Crippen LogP contribution in [0.1, 0.15) is 5.76 Å². The molecule has 8 heteroatoms. The Bertz CT molecular complexity index is 908. The molecule has 0 amide bonds. The van der Waals surface area contributed by atoms with Crippen LogP contribution in [-0.4, -0.2) is 27.1 Å². The normalized spacial score (nSPS) is 10.9. The largest absolute Gasteiger partial charge is 0.491 e. The number of hydrogen-bond donors (Lipinski definition) is 0. The number of halogens is 2. The molecule has 3 aromatic rings. The quantitative estimate of drug-likeness (QED) is 0.278. The van der Waals surface area contributed by atoms with Crippen LogP contribution in [0.4, 0.5) is 0 Å². The van der Waals surface area contributed by atoms with Gasteiger partial charge in [-0.05, 0) is 25.1 Å². The van der Waals surface area contributed by atoms with Gasteiger partial charge in [-0.2, -0.15) is 0 Å². The second-order valence-electron chi connectivity index (χ2n) is 5.37. The maximum atomic E-state index is 6.10. The van der Waals surface area contributed by atoms with Gasteiger partial charge in [0.05, 0.1) is 23.5 Å². The summed E-state index contributed by atoms with van der Waals surface area (Å²) in [5, 5.41) is 10.5. The highest BCUT2D eigenvalue weighted by molar-refractivity contribution is 7.99. The summed E-state index contributed by atoms with van der Waals surface area (Å²) in [4.78, 5) is 0. The number of hydrogen-bond acceptors (Lipinski definition) is 5. The zero-order valence-corrected chi connectivity index (χ0v) is 16.4. The van der Waals surface area contributed by atoms with Crippen molar-refractivity contribution >= 4 is 35.0 Å². The molecule has 0 N–H and O–H groups in total. The Morgan fingerprint density at radius 1 is 1.31 bits per heavy atom. The van der Waals surface area contributed by atoms with Crippen LogP contribution in [0.2, 0.25) is 10.0 Å². The van der Waals surface area contributed by atoms with Crippen molar-refractivity contribution in [2.45, 2.75) is 18.6 Å². The van der Waals surface area contributed by atoms with E-state index in [1.807, 2.05) is 23.6 Å². The number of ether oxygens (including phenoxy) is 1. The molecule has 2 aromatic heterocycles. The summed E-state index contributed by atoms with van der Waals surface area (Å²) in [5.74, 6) is 2.82. The maximum Gasteiger partial charge on any atom is 0.191 e. The summed E-state index contributed by atoms with van der Waals surface area (Å²) in [5.41, 5.74) is 0.924. The smallest absolute Gasteiger partial charge is 0.191 e. The van der Waals surface area contributed by atoms with E-state index in [1.54, 1.807) is 36.2 Å². The molecule has 0 fully saturated rings. The Hall–Kier alpha value is -1.89. The average Bonchev–Trinajstić information content (AvgIpc) is 3.21. The lowest BCUT2D eigenvalue weighted by molar-refractivity contribution is 0.344. The van der Waals surface area contributed by atoms with Gasteiger partial charge < -0.3 is 9.15 Å². The predicted molar refractivity (Wildman–Crippen MR) is 105 cm³/mol. The van der Waals surface area contributed by atoms with Gasteiger partial charge in [0.2, 0.25) is 0 Å². The fourth-order valence-corrected chi connectivity index (χ4v) is 3.48. The first-order valence-corrected chi connectivity index (χ1v) is 9.63. The summed E-state index contributed by atoms with van der Waals surface area (Å²) in [6.45, 7) is 6.79. The van der Waals surface area contributed by atoms with Crippen molar-refractivity contribution in [3.63, 3.8) is 0 Å². The van der Waals surface area contributed by atoms with Crippen LogP contribution in [0.15, 0.2) is 52.8 Å². The summed E-state index contributed by atoms with van der Waals surface area (Å²) in [6.07, 6.45) is 3.46. The number of thioether (sulfide) groups is 1. The van der Waals surface area contributed by atoms with Gasteiger partial charge in [-0.15, -0.1) is 16.8 Å². The number of furan rings is 1. The third kappa shape index (κ3) is 4.26. The molecule has 1 aromatic carbocycles. The standard InChI is InChI=1S/C18H17Cl2N3O2S/c1-3-7-23-17(14-6-8-24-12(14)2)21-22-18(23)26-10-9-25-16-11-13(19)4-5-15(16)20/h3-6,8,11H,1,7,9-10H2,2H3. The van der Waals surface area contributed by atoms with Gasteiger partial charge in [-0.25, -0.2) is 0 Å². The first kappa shape index (κ1) is 18.9. The second-order valence-corrected chi connectivity index (χ2v) is 7.27. The maximum absolute atomic E-state index is 6.10. The SMILES string of the molecule is C=CCn1c(SCCOc2cc(Cl)ccc2Cl)nnc1-c1ccoc1C. The number of rotatable bonds is 8. The predicted octanol–water partition coefficient (Wildman–Crippen LogP) is 5.51.